The Hall–Kier alpha value is -1.45. The normalized spacial score (nSPS) is 14.9. The summed E-state index contributed by atoms with van der Waals surface area (Å²) in [5.41, 5.74) is 0. The van der Waals surface area contributed by atoms with Crippen LogP contribution in [-0.2, 0) is 21.4 Å². The van der Waals surface area contributed by atoms with E-state index in [1.807, 2.05) is 0 Å². The average Bonchev–Trinajstić information content (AvgIpc) is 2.73. The molecule has 0 fully saturated rings. The van der Waals surface area contributed by atoms with Crippen LogP contribution in [0.15, 0.2) is 17.3 Å². The van der Waals surface area contributed by atoms with Crippen LogP contribution in [0.5, 0.6) is 0 Å². The van der Waals surface area contributed by atoms with Crippen LogP contribution in [0.2, 0.25) is 0 Å². The number of carboxylic acids is 1. The number of carboxylic acid groups (broad SMARTS) is 1. The largest absolute Gasteiger partial charge is 0.481 e. The monoisotopic (exact) mass is 305 g/mol. The van der Waals surface area contributed by atoms with Gasteiger partial charge in [0, 0.05) is 12.2 Å². The minimum Gasteiger partial charge on any atom is -0.481 e. The van der Waals surface area contributed by atoms with Crippen LogP contribution in [0.25, 0.3) is 0 Å². The number of sulfonamides is 1. The summed E-state index contributed by atoms with van der Waals surface area (Å²) in [7, 11) is -3.71. The zero-order chi connectivity index (χ0) is 15.3. The SMILES string of the molecule is CC(O)CC(C)NS(=O)(=O)c1cnn(CCC(=O)O)c1. The van der Waals surface area contributed by atoms with E-state index in [-0.39, 0.29) is 17.9 Å². The zero-order valence-electron chi connectivity index (χ0n) is 11.4. The lowest BCUT2D eigenvalue weighted by atomic mass is 10.2. The van der Waals surface area contributed by atoms with Crippen LogP contribution in [-0.4, -0.2) is 46.5 Å². The molecule has 0 saturated heterocycles. The molecule has 3 N–H and O–H groups in total. The fourth-order valence-electron chi connectivity index (χ4n) is 1.71. The Morgan fingerprint density at radius 1 is 1.50 bits per heavy atom. The first kappa shape index (κ1) is 16.6. The van der Waals surface area contributed by atoms with Crippen molar-refractivity contribution in [1.29, 1.82) is 0 Å². The van der Waals surface area contributed by atoms with E-state index >= 15 is 0 Å². The average molecular weight is 305 g/mol. The molecular weight excluding hydrogens is 286 g/mol. The molecule has 1 aromatic rings. The molecule has 2 atom stereocenters. The van der Waals surface area contributed by atoms with Gasteiger partial charge in [-0.2, -0.15) is 5.10 Å². The fraction of sp³-hybridized carbons (Fsp3) is 0.636. The van der Waals surface area contributed by atoms with Gasteiger partial charge in [-0.1, -0.05) is 0 Å². The number of nitrogens with zero attached hydrogens (tertiary/aromatic N) is 2. The molecule has 0 spiro atoms. The molecule has 0 aliphatic carbocycles. The fourth-order valence-corrected chi connectivity index (χ4v) is 2.92. The standard InChI is InChI=1S/C11H19N3O5S/c1-8(5-9(2)15)13-20(18,19)10-6-12-14(7-10)4-3-11(16)17/h6-9,13,15H,3-5H2,1-2H3,(H,16,17). The van der Waals surface area contributed by atoms with Crippen LogP contribution in [0.3, 0.4) is 0 Å². The lowest BCUT2D eigenvalue weighted by molar-refractivity contribution is -0.137. The van der Waals surface area contributed by atoms with E-state index in [1.165, 1.54) is 17.1 Å². The maximum absolute atomic E-state index is 12.0. The summed E-state index contributed by atoms with van der Waals surface area (Å²) in [5, 5.41) is 21.6. The summed E-state index contributed by atoms with van der Waals surface area (Å²) < 4.78 is 27.7. The molecule has 0 amide bonds. The molecule has 8 nitrogen and oxygen atoms in total. The summed E-state index contributed by atoms with van der Waals surface area (Å²) in [6.45, 7) is 3.34. The molecule has 2 unspecified atom stereocenters. The number of nitrogens with one attached hydrogen (secondary N) is 1. The smallest absolute Gasteiger partial charge is 0.305 e. The lowest BCUT2D eigenvalue weighted by Crippen LogP contribution is -2.34. The molecule has 0 aromatic carbocycles. The third-order valence-corrected chi connectivity index (χ3v) is 4.07. The molecule has 0 radical (unpaired) electrons. The van der Waals surface area contributed by atoms with Crippen LogP contribution in [0.1, 0.15) is 26.7 Å². The molecule has 0 bridgehead atoms. The highest BCUT2D eigenvalue weighted by Crippen LogP contribution is 2.09. The predicted molar refractivity (Wildman–Crippen MR) is 70.6 cm³/mol. The quantitative estimate of drug-likeness (QED) is 0.611. The highest BCUT2D eigenvalue weighted by atomic mass is 32.2. The van der Waals surface area contributed by atoms with Crippen molar-refractivity contribution in [3.8, 4) is 0 Å². The number of carbonyl (C=O) groups is 1. The van der Waals surface area contributed by atoms with Crippen LogP contribution < -0.4 is 4.72 Å². The Balaban J connectivity index is 2.70. The second-order valence-corrected chi connectivity index (χ2v) is 6.40. The maximum Gasteiger partial charge on any atom is 0.305 e. The topological polar surface area (TPSA) is 122 Å². The van der Waals surface area contributed by atoms with Crippen LogP contribution in [0.4, 0.5) is 0 Å². The first-order valence-corrected chi connectivity index (χ1v) is 7.63. The third kappa shape index (κ3) is 5.27. The minimum absolute atomic E-state index is 0.0275. The highest BCUT2D eigenvalue weighted by Gasteiger charge is 2.20. The van der Waals surface area contributed by atoms with Gasteiger partial charge in [-0.25, -0.2) is 13.1 Å². The molecule has 20 heavy (non-hydrogen) atoms. The summed E-state index contributed by atoms with van der Waals surface area (Å²) in [5.74, 6) is -0.978. The summed E-state index contributed by atoms with van der Waals surface area (Å²) in [6, 6.07) is -0.414. The molecule has 1 aromatic heterocycles. The predicted octanol–water partition coefficient (Wildman–Crippen LogP) is -0.205. The summed E-state index contributed by atoms with van der Waals surface area (Å²) in [6.07, 6.45) is 2.00. The van der Waals surface area contributed by atoms with Crippen molar-refractivity contribution in [2.75, 3.05) is 0 Å². The molecule has 9 heteroatoms. The maximum atomic E-state index is 12.0. The van der Waals surface area contributed by atoms with E-state index in [9.17, 15) is 18.3 Å². The van der Waals surface area contributed by atoms with Crippen molar-refractivity contribution < 1.29 is 23.4 Å². The van der Waals surface area contributed by atoms with Gasteiger partial charge < -0.3 is 10.2 Å². The van der Waals surface area contributed by atoms with Gasteiger partial charge in [0.2, 0.25) is 10.0 Å². The number of rotatable bonds is 8. The molecule has 114 valence electrons. The number of hydrogen-bond donors (Lipinski definition) is 3. The Bertz CT molecular complexity index is 552. The Morgan fingerprint density at radius 3 is 2.70 bits per heavy atom. The summed E-state index contributed by atoms with van der Waals surface area (Å²) >= 11 is 0. The minimum atomic E-state index is -3.71. The number of aryl methyl sites for hydroxylation is 1. The van der Waals surface area contributed by atoms with Gasteiger partial charge in [-0.15, -0.1) is 0 Å². The Kier molecular flexibility index (Phi) is 5.66. The molecule has 0 saturated carbocycles. The lowest BCUT2D eigenvalue weighted by Gasteiger charge is -2.14. The molecule has 0 aliphatic heterocycles. The second kappa shape index (κ2) is 6.82. The van der Waals surface area contributed by atoms with Gasteiger partial charge in [0.25, 0.3) is 0 Å². The van der Waals surface area contributed by atoms with Crippen molar-refractivity contribution >= 4 is 16.0 Å². The van der Waals surface area contributed by atoms with E-state index in [4.69, 9.17) is 5.11 Å². The highest BCUT2D eigenvalue weighted by molar-refractivity contribution is 7.89. The molecule has 0 aliphatic rings. The van der Waals surface area contributed by atoms with Crippen LogP contribution >= 0.6 is 0 Å². The Labute approximate surface area is 117 Å². The third-order valence-electron chi connectivity index (χ3n) is 2.53. The number of aliphatic hydroxyl groups is 1. The van der Waals surface area contributed by atoms with E-state index in [0.29, 0.717) is 6.42 Å². The first-order valence-electron chi connectivity index (χ1n) is 6.15. The number of aromatic nitrogens is 2. The molecule has 1 heterocycles. The second-order valence-electron chi connectivity index (χ2n) is 4.69. The van der Waals surface area contributed by atoms with E-state index in [1.54, 1.807) is 13.8 Å². The van der Waals surface area contributed by atoms with Gasteiger partial charge >= 0.3 is 5.97 Å². The van der Waals surface area contributed by atoms with Gasteiger partial charge in [0.05, 0.1) is 25.3 Å². The van der Waals surface area contributed by atoms with Crippen molar-refractivity contribution in [1.82, 2.24) is 14.5 Å². The number of aliphatic carboxylic acids is 1. The molecular formula is C11H19N3O5S. The molecule has 1 rings (SSSR count). The van der Waals surface area contributed by atoms with Gasteiger partial charge in [0.1, 0.15) is 4.90 Å². The summed E-state index contributed by atoms with van der Waals surface area (Å²) in [4.78, 5) is 10.4. The van der Waals surface area contributed by atoms with Crippen molar-refractivity contribution in [2.45, 2.75) is 50.3 Å². The van der Waals surface area contributed by atoms with E-state index in [2.05, 4.69) is 9.82 Å². The van der Waals surface area contributed by atoms with Crippen molar-refractivity contribution in [3.63, 3.8) is 0 Å². The van der Waals surface area contributed by atoms with E-state index < -0.39 is 28.1 Å². The van der Waals surface area contributed by atoms with E-state index in [0.717, 1.165) is 0 Å². The zero-order valence-corrected chi connectivity index (χ0v) is 12.2. The van der Waals surface area contributed by atoms with Crippen LogP contribution in [0, 0.1) is 0 Å². The van der Waals surface area contributed by atoms with Gasteiger partial charge in [0.15, 0.2) is 0 Å². The first-order chi connectivity index (χ1) is 9.20. The van der Waals surface area contributed by atoms with Gasteiger partial charge in [-0.05, 0) is 20.3 Å². The van der Waals surface area contributed by atoms with Crippen molar-refractivity contribution in [2.24, 2.45) is 0 Å². The van der Waals surface area contributed by atoms with Crippen molar-refractivity contribution in [3.05, 3.63) is 12.4 Å². The number of aliphatic hydroxyl groups excluding tert-OH is 1. The Morgan fingerprint density at radius 2 is 2.15 bits per heavy atom. The van der Waals surface area contributed by atoms with Gasteiger partial charge in [-0.3, -0.25) is 9.48 Å². The number of hydrogen-bond acceptors (Lipinski definition) is 5.